The molecule has 4 N–H and O–H groups in total. The van der Waals surface area contributed by atoms with Crippen LogP contribution in [0, 0.1) is 0 Å². The van der Waals surface area contributed by atoms with Gasteiger partial charge in [0.05, 0.1) is 14.5 Å². The first-order chi connectivity index (χ1) is 12.4. The van der Waals surface area contributed by atoms with Crippen LogP contribution in [0.4, 0.5) is 0 Å². The van der Waals surface area contributed by atoms with E-state index >= 15 is 0 Å². The molecule has 5 atom stereocenters. The highest BCUT2D eigenvalue weighted by atomic mass is 32.1. The van der Waals surface area contributed by atoms with Gasteiger partial charge in [-0.2, -0.15) is 0 Å². The summed E-state index contributed by atoms with van der Waals surface area (Å²) in [5.41, 5.74) is 1.12. The Morgan fingerprint density at radius 2 is 1.69 bits per heavy atom. The molecule has 2 heterocycles. The topological polar surface area (TPSA) is 90.2 Å². The molecule has 0 spiro atoms. The second-order valence-electron chi connectivity index (χ2n) is 7.91. The standard InChI is InChI=1S/C19H29BO5S/c20-19(6-4-2-1-3-5-7-19)9-12-8-14(26-11-12)18-17(24)16(23)15(22)13(10-21)25-18/h8,11,13,15-18,21-24H,1-7,9-10H2/t13-,15-,16+,17-,18+/m1/s1. The fourth-order valence-electron chi connectivity index (χ4n) is 4.17. The molecule has 144 valence electrons. The third-order valence-corrected chi connectivity index (χ3v) is 6.80. The molecule has 0 aromatic carbocycles. The maximum Gasteiger partial charge on any atom is 0.121 e. The van der Waals surface area contributed by atoms with E-state index in [1.54, 1.807) is 0 Å². The fourth-order valence-corrected chi connectivity index (χ4v) is 5.15. The summed E-state index contributed by atoms with van der Waals surface area (Å²) in [5.74, 6) is 0. The Morgan fingerprint density at radius 1 is 1.04 bits per heavy atom. The van der Waals surface area contributed by atoms with Crippen LogP contribution in [0.25, 0.3) is 0 Å². The molecule has 0 amide bonds. The van der Waals surface area contributed by atoms with Gasteiger partial charge in [0.15, 0.2) is 0 Å². The Hall–Kier alpha value is -0.435. The van der Waals surface area contributed by atoms with Crippen LogP contribution in [0.5, 0.6) is 0 Å². The summed E-state index contributed by atoms with van der Waals surface area (Å²) in [7, 11) is 6.68. The lowest BCUT2D eigenvalue weighted by atomic mass is 9.59. The molecule has 2 aliphatic rings. The molecule has 1 aliphatic heterocycles. The fraction of sp³-hybridized carbons (Fsp3) is 0.789. The molecule has 2 fully saturated rings. The highest BCUT2D eigenvalue weighted by Gasteiger charge is 2.44. The van der Waals surface area contributed by atoms with Gasteiger partial charge in [-0.25, -0.2) is 0 Å². The van der Waals surface area contributed by atoms with Crippen molar-refractivity contribution in [3.8, 4) is 0 Å². The Morgan fingerprint density at radius 3 is 2.35 bits per heavy atom. The Balaban J connectivity index is 1.70. The first-order valence-electron chi connectivity index (χ1n) is 9.60. The zero-order valence-electron chi connectivity index (χ0n) is 15.1. The highest BCUT2D eigenvalue weighted by molar-refractivity contribution is 7.10. The van der Waals surface area contributed by atoms with Crippen LogP contribution in [0.3, 0.4) is 0 Å². The van der Waals surface area contributed by atoms with Crippen LogP contribution in [-0.4, -0.2) is 59.3 Å². The Bertz CT molecular complexity index is 570. The average Bonchev–Trinajstić information content (AvgIpc) is 3.05. The lowest BCUT2D eigenvalue weighted by Gasteiger charge is -2.39. The van der Waals surface area contributed by atoms with Crippen LogP contribution in [-0.2, 0) is 11.2 Å². The van der Waals surface area contributed by atoms with E-state index in [1.807, 2.05) is 11.4 Å². The number of ether oxygens (including phenoxy) is 1. The van der Waals surface area contributed by atoms with Crippen LogP contribution >= 0.6 is 11.3 Å². The Labute approximate surface area is 160 Å². The number of aliphatic hydroxyl groups is 4. The molecular formula is C19H29BO5S. The number of hydrogen-bond acceptors (Lipinski definition) is 6. The highest BCUT2D eigenvalue weighted by Crippen LogP contribution is 2.43. The van der Waals surface area contributed by atoms with Crippen LogP contribution in [0.2, 0.25) is 5.31 Å². The van der Waals surface area contributed by atoms with E-state index in [2.05, 4.69) is 0 Å². The maximum atomic E-state index is 10.3. The van der Waals surface area contributed by atoms with Gasteiger partial charge in [0.1, 0.15) is 30.5 Å². The molecule has 26 heavy (non-hydrogen) atoms. The van der Waals surface area contributed by atoms with Gasteiger partial charge in [0.2, 0.25) is 0 Å². The van der Waals surface area contributed by atoms with Crippen molar-refractivity contribution in [1.29, 1.82) is 0 Å². The quantitative estimate of drug-likeness (QED) is 0.599. The number of rotatable bonds is 4. The van der Waals surface area contributed by atoms with E-state index < -0.39 is 37.1 Å². The van der Waals surface area contributed by atoms with Gasteiger partial charge in [0.25, 0.3) is 0 Å². The maximum absolute atomic E-state index is 10.3. The molecule has 1 saturated carbocycles. The van der Waals surface area contributed by atoms with Gasteiger partial charge in [-0.05, 0) is 23.4 Å². The molecule has 1 saturated heterocycles. The van der Waals surface area contributed by atoms with Gasteiger partial charge < -0.3 is 25.2 Å². The Kier molecular flexibility index (Phi) is 6.80. The molecule has 1 aromatic rings. The van der Waals surface area contributed by atoms with E-state index in [9.17, 15) is 20.4 Å². The van der Waals surface area contributed by atoms with Crippen molar-refractivity contribution in [2.24, 2.45) is 0 Å². The van der Waals surface area contributed by atoms with Crippen molar-refractivity contribution in [3.05, 3.63) is 21.9 Å². The summed E-state index contributed by atoms with van der Waals surface area (Å²) < 4.78 is 5.65. The number of aliphatic hydroxyl groups excluding tert-OH is 4. The summed E-state index contributed by atoms with van der Waals surface area (Å²) in [4.78, 5) is 0.784. The van der Waals surface area contributed by atoms with Gasteiger partial charge in [-0.15, -0.1) is 11.3 Å². The second kappa shape index (κ2) is 8.71. The van der Waals surface area contributed by atoms with E-state index in [0.717, 1.165) is 29.7 Å². The summed E-state index contributed by atoms with van der Waals surface area (Å²) >= 11 is 1.46. The molecule has 1 aromatic heterocycles. The lowest BCUT2D eigenvalue weighted by molar-refractivity contribution is -0.230. The summed E-state index contributed by atoms with van der Waals surface area (Å²) in [6.07, 6.45) is 3.44. The van der Waals surface area contributed by atoms with E-state index in [1.165, 1.54) is 43.4 Å². The lowest BCUT2D eigenvalue weighted by Crippen LogP contribution is -2.55. The zero-order valence-corrected chi connectivity index (χ0v) is 15.9. The predicted octanol–water partition coefficient (Wildman–Crippen LogP) is 1.88. The molecule has 2 radical (unpaired) electrons. The zero-order chi connectivity index (χ0) is 18.7. The number of thiophene rings is 1. The molecular weight excluding hydrogens is 351 g/mol. The van der Waals surface area contributed by atoms with Crippen molar-refractivity contribution in [2.45, 2.75) is 87.2 Å². The third-order valence-electron chi connectivity index (χ3n) is 5.75. The molecule has 0 bridgehead atoms. The molecule has 1 aliphatic carbocycles. The van der Waals surface area contributed by atoms with E-state index in [-0.39, 0.29) is 5.31 Å². The smallest absolute Gasteiger partial charge is 0.121 e. The minimum atomic E-state index is -1.34. The third kappa shape index (κ3) is 4.51. The van der Waals surface area contributed by atoms with Gasteiger partial charge in [0, 0.05) is 4.88 Å². The van der Waals surface area contributed by atoms with Crippen molar-refractivity contribution < 1.29 is 25.2 Å². The predicted molar refractivity (Wildman–Crippen MR) is 102 cm³/mol. The first kappa shape index (κ1) is 20.3. The van der Waals surface area contributed by atoms with Crippen molar-refractivity contribution in [2.75, 3.05) is 6.61 Å². The summed E-state index contributed by atoms with van der Waals surface area (Å²) in [6.45, 7) is -0.411. The van der Waals surface area contributed by atoms with Crippen LogP contribution < -0.4 is 0 Å². The van der Waals surface area contributed by atoms with Gasteiger partial charge in [-0.3, -0.25) is 0 Å². The molecule has 5 nitrogen and oxygen atoms in total. The SMILES string of the molecule is [B]C1(Cc2csc([C@@H]3O[C@H](CO)[C@@H](O)[C@H](O)[C@H]3O)c2)CCCCCCC1. The average molecular weight is 380 g/mol. The largest absolute Gasteiger partial charge is 0.394 e. The first-order valence-corrected chi connectivity index (χ1v) is 10.5. The number of hydrogen-bond donors (Lipinski definition) is 4. The molecule has 0 unspecified atom stereocenters. The monoisotopic (exact) mass is 380 g/mol. The molecule has 7 heteroatoms. The van der Waals surface area contributed by atoms with E-state index in [4.69, 9.17) is 12.6 Å². The van der Waals surface area contributed by atoms with Gasteiger partial charge in [-0.1, -0.05) is 50.3 Å². The minimum Gasteiger partial charge on any atom is -0.394 e. The van der Waals surface area contributed by atoms with Gasteiger partial charge >= 0.3 is 0 Å². The second-order valence-corrected chi connectivity index (χ2v) is 8.86. The van der Waals surface area contributed by atoms with Crippen molar-refractivity contribution in [3.63, 3.8) is 0 Å². The van der Waals surface area contributed by atoms with Crippen molar-refractivity contribution >= 4 is 19.2 Å². The minimum absolute atomic E-state index is 0.186. The van der Waals surface area contributed by atoms with E-state index in [0.29, 0.717) is 0 Å². The summed E-state index contributed by atoms with van der Waals surface area (Å²) in [6, 6.07) is 1.98. The molecule has 3 rings (SSSR count). The van der Waals surface area contributed by atoms with Crippen LogP contribution in [0.1, 0.15) is 61.5 Å². The summed E-state index contributed by atoms with van der Waals surface area (Å²) in [5, 5.41) is 41.4. The van der Waals surface area contributed by atoms with Crippen molar-refractivity contribution in [1.82, 2.24) is 0 Å². The normalized spacial score (nSPS) is 35.6. The van der Waals surface area contributed by atoms with Crippen LogP contribution in [0.15, 0.2) is 11.4 Å².